The number of benzene rings is 1. The lowest BCUT2D eigenvalue weighted by molar-refractivity contribution is -0.138. The molecule has 0 radical (unpaired) electrons. The maximum Gasteiger partial charge on any atom is 0.330 e. The lowest BCUT2D eigenvalue weighted by Gasteiger charge is -2.15. The van der Waals surface area contributed by atoms with Gasteiger partial charge in [-0.15, -0.1) is 0 Å². The molecular weight excluding hydrogens is 220 g/mol. The topological polar surface area (TPSA) is 66.8 Å². The molecule has 4 nitrogen and oxygen atoms in total. The van der Waals surface area contributed by atoms with Crippen LogP contribution < -0.4 is 0 Å². The van der Waals surface area contributed by atoms with Crippen molar-refractivity contribution in [1.29, 1.82) is 0 Å². The average Bonchev–Trinajstić information content (AvgIpc) is 2.33. The van der Waals surface area contributed by atoms with Crippen molar-refractivity contribution in [2.45, 2.75) is 19.3 Å². The summed E-state index contributed by atoms with van der Waals surface area (Å²) in [6, 6.07) is 4.60. The summed E-state index contributed by atoms with van der Waals surface area (Å²) >= 11 is 0. The normalized spacial score (nSPS) is 11.8. The molecule has 0 aromatic heterocycles. The third-order valence-electron chi connectivity index (χ3n) is 2.56. The number of aromatic hydroxyl groups is 2. The van der Waals surface area contributed by atoms with Gasteiger partial charge in [0, 0.05) is 12.0 Å². The van der Waals surface area contributed by atoms with E-state index < -0.39 is 5.97 Å². The molecule has 1 unspecified atom stereocenters. The number of hydrogen-bond acceptors (Lipinski definition) is 4. The smallest absolute Gasteiger partial charge is 0.330 e. The van der Waals surface area contributed by atoms with Gasteiger partial charge in [0.1, 0.15) is 0 Å². The summed E-state index contributed by atoms with van der Waals surface area (Å²) in [7, 11) is 0. The van der Waals surface area contributed by atoms with E-state index in [1.54, 1.807) is 6.07 Å². The first kappa shape index (κ1) is 13.1. The minimum atomic E-state index is -0.466. The van der Waals surface area contributed by atoms with Crippen LogP contribution >= 0.6 is 0 Å². The maximum absolute atomic E-state index is 11.0. The van der Waals surface area contributed by atoms with E-state index in [0.717, 1.165) is 18.1 Å². The molecule has 2 N–H and O–H groups in total. The number of carbonyl (C=O) groups is 1. The highest BCUT2D eigenvalue weighted by atomic mass is 16.5. The zero-order chi connectivity index (χ0) is 12.8. The molecule has 1 aromatic rings. The van der Waals surface area contributed by atoms with Gasteiger partial charge in [0.15, 0.2) is 11.5 Å². The monoisotopic (exact) mass is 236 g/mol. The third kappa shape index (κ3) is 3.52. The van der Waals surface area contributed by atoms with E-state index in [0.29, 0.717) is 0 Å². The van der Waals surface area contributed by atoms with E-state index >= 15 is 0 Å². The van der Waals surface area contributed by atoms with Crippen LogP contribution in [0.15, 0.2) is 30.9 Å². The van der Waals surface area contributed by atoms with Crippen LogP contribution in [0.3, 0.4) is 0 Å². The Morgan fingerprint density at radius 1 is 1.47 bits per heavy atom. The summed E-state index contributed by atoms with van der Waals surface area (Å²) in [5.41, 5.74) is 0.819. The number of carbonyl (C=O) groups excluding carboxylic acids is 1. The molecule has 0 aliphatic rings. The van der Waals surface area contributed by atoms with Gasteiger partial charge in [-0.05, 0) is 24.1 Å². The highest BCUT2D eigenvalue weighted by molar-refractivity contribution is 5.81. The predicted molar refractivity (Wildman–Crippen MR) is 64.0 cm³/mol. The first-order valence-corrected chi connectivity index (χ1v) is 5.39. The molecule has 0 saturated carbocycles. The molecule has 0 saturated heterocycles. The highest BCUT2D eigenvalue weighted by Crippen LogP contribution is 2.30. The van der Waals surface area contributed by atoms with Gasteiger partial charge in [-0.1, -0.05) is 19.6 Å². The van der Waals surface area contributed by atoms with Crippen molar-refractivity contribution in [3.05, 3.63) is 36.4 Å². The van der Waals surface area contributed by atoms with Crippen LogP contribution in [0.1, 0.15) is 24.8 Å². The van der Waals surface area contributed by atoms with Crippen molar-refractivity contribution in [3.63, 3.8) is 0 Å². The number of phenols is 2. The van der Waals surface area contributed by atoms with Crippen LogP contribution in [0.4, 0.5) is 0 Å². The summed E-state index contributed by atoms with van der Waals surface area (Å²) in [5, 5.41) is 18.6. The van der Waals surface area contributed by atoms with Crippen molar-refractivity contribution in [2.75, 3.05) is 6.61 Å². The quantitative estimate of drug-likeness (QED) is 0.467. The fourth-order valence-electron chi connectivity index (χ4n) is 1.49. The molecule has 0 bridgehead atoms. The van der Waals surface area contributed by atoms with Crippen LogP contribution in [0, 0.1) is 0 Å². The molecule has 1 rings (SSSR count). The summed E-state index contributed by atoms with van der Waals surface area (Å²) in [6.45, 7) is 5.50. The zero-order valence-corrected chi connectivity index (χ0v) is 9.72. The fourth-order valence-corrected chi connectivity index (χ4v) is 1.49. The second-order valence-corrected chi connectivity index (χ2v) is 3.69. The van der Waals surface area contributed by atoms with E-state index in [4.69, 9.17) is 4.74 Å². The summed E-state index contributed by atoms with van der Waals surface area (Å²) in [5.74, 6) is -0.806. The van der Waals surface area contributed by atoms with Gasteiger partial charge in [-0.2, -0.15) is 0 Å². The van der Waals surface area contributed by atoms with Crippen molar-refractivity contribution in [2.24, 2.45) is 0 Å². The molecule has 1 atom stereocenters. The van der Waals surface area contributed by atoms with Gasteiger partial charge in [-0.25, -0.2) is 4.79 Å². The minimum absolute atomic E-state index is 0.00889. The van der Waals surface area contributed by atoms with Crippen LogP contribution in [-0.2, 0) is 9.53 Å². The molecule has 0 amide bonds. The average molecular weight is 236 g/mol. The van der Waals surface area contributed by atoms with Gasteiger partial charge < -0.3 is 14.9 Å². The molecular formula is C13H16O4. The Morgan fingerprint density at radius 2 is 2.18 bits per heavy atom. The third-order valence-corrected chi connectivity index (χ3v) is 2.56. The van der Waals surface area contributed by atoms with E-state index in [1.807, 2.05) is 6.92 Å². The SMILES string of the molecule is C=CC(=O)OCC(CC)c1ccc(O)c(O)c1. The second kappa shape index (κ2) is 5.94. The van der Waals surface area contributed by atoms with Gasteiger partial charge in [-0.3, -0.25) is 0 Å². The molecule has 92 valence electrons. The number of ether oxygens (including phenoxy) is 1. The molecule has 0 aliphatic heterocycles. The van der Waals surface area contributed by atoms with Crippen LogP contribution in [0.5, 0.6) is 11.5 Å². The maximum atomic E-state index is 11.0. The summed E-state index contributed by atoms with van der Waals surface area (Å²) in [6.07, 6.45) is 1.87. The molecule has 0 heterocycles. The van der Waals surface area contributed by atoms with Crippen LogP contribution in [-0.4, -0.2) is 22.8 Å². The largest absolute Gasteiger partial charge is 0.504 e. The molecule has 0 fully saturated rings. The molecule has 0 aliphatic carbocycles. The Morgan fingerprint density at radius 3 is 2.71 bits per heavy atom. The van der Waals surface area contributed by atoms with Gasteiger partial charge in [0.2, 0.25) is 0 Å². The summed E-state index contributed by atoms with van der Waals surface area (Å²) < 4.78 is 4.97. The fraction of sp³-hybridized carbons (Fsp3) is 0.308. The van der Waals surface area contributed by atoms with Crippen LogP contribution in [0.25, 0.3) is 0 Å². The molecule has 17 heavy (non-hydrogen) atoms. The van der Waals surface area contributed by atoms with E-state index in [2.05, 4.69) is 6.58 Å². The first-order valence-electron chi connectivity index (χ1n) is 5.39. The Hall–Kier alpha value is -1.97. The second-order valence-electron chi connectivity index (χ2n) is 3.69. The van der Waals surface area contributed by atoms with Crippen molar-refractivity contribution >= 4 is 5.97 Å². The Balaban J connectivity index is 2.75. The van der Waals surface area contributed by atoms with Gasteiger partial charge in [0.05, 0.1) is 6.61 Å². The highest BCUT2D eigenvalue weighted by Gasteiger charge is 2.13. The van der Waals surface area contributed by atoms with E-state index in [9.17, 15) is 15.0 Å². The van der Waals surface area contributed by atoms with Crippen molar-refractivity contribution in [1.82, 2.24) is 0 Å². The summed E-state index contributed by atoms with van der Waals surface area (Å²) in [4.78, 5) is 11.0. The molecule has 0 spiro atoms. The lowest BCUT2D eigenvalue weighted by atomic mass is 9.97. The Kier molecular flexibility index (Phi) is 4.57. The predicted octanol–water partition coefficient (Wildman–Crippen LogP) is 2.32. The Bertz CT molecular complexity index is 412. The first-order chi connectivity index (χ1) is 8.08. The van der Waals surface area contributed by atoms with E-state index in [-0.39, 0.29) is 24.0 Å². The van der Waals surface area contributed by atoms with Crippen molar-refractivity contribution in [3.8, 4) is 11.5 Å². The minimum Gasteiger partial charge on any atom is -0.504 e. The van der Waals surface area contributed by atoms with Gasteiger partial charge >= 0.3 is 5.97 Å². The van der Waals surface area contributed by atoms with Crippen molar-refractivity contribution < 1.29 is 19.7 Å². The number of rotatable bonds is 5. The number of phenolic OH excluding ortho intramolecular Hbond substituents is 2. The zero-order valence-electron chi connectivity index (χ0n) is 9.72. The standard InChI is InChI=1S/C13H16O4/c1-3-9(8-17-13(16)4-2)10-5-6-11(14)12(15)7-10/h4-7,9,14-15H,2-3,8H2,1H3. The lowest BCUT2D eigenvalue weighted by Crippen LogP contribution is -2.10. The molecule has 4 heteroatoms. The Labute approximate surface area is 100 Å². The van der Waals surface area contributed by atoms with Gasteiger partial charge in [0.25, 0.3) is 0 Å². The molecule has 1 aromatic carbocycles. The van der Waals surface area contributed by atoms with E-state index in [1.165, 1.54) is 12.1 Å². The van der Waals surface area contributed by atoms with Crippen LogP contribution in [0.2, 0.25) is 0 Å². The number of esters is 1. The number of hydrogen-bond donors (Lipinski definition) is 2.